The number of esters is 1. The number of hydrogen-bond donors (Lipinski definition) is 0. The Morgan fingerprint density at radius 3 is 2.14 bits per heavy atom. The molecular weight excluding hydrogens is 559 g/mol. The van der Waals surface area contributed by atoms with E-state index < -0.39 is 17.7 Å². The van der Waals surface area contributed by atoms with Crippen molar-refractivity contribution in [3.05, 3.63) is 101 Å². The number of nitrogens with zero attached hydrogens (tertiary/aromatic N) is 2. The highest BCUT2D eigenvalue weighted by Crippen LogP contribution is 2.36. The molecule has 1 aliphatic heterocycles. The highest BCUT2D eigenvalue weighted by molar-refractivity contribution is 5.95. The third-order valence-corrected chi connectivity index (χ3v) is 7.20. The average Bonchev–Trinajstić information content (AvgIpc) is 3.74. The van der Waals surface area contributed by atoms with Gasteiger partial charge in [-0.3, -0.25) is 4.79 Å². The molecule has 10 nitrogen and oxygen atoms in total. The van der Waals surface area contributed by atoms with Gasteiger partial charge in [0.25, 0.3) is 5.91 Å². The second-order valence-electron chi connectivity index (χ2n) is 9.87. The number of carbonyl (C=O) groups excluding carboxylic acids is 2. The minimum absolute atomic E-state index is 0.0165. The van der Waals surface area contributed by atoms with Gasteiger partial charge < -0.3 is 33.1 Å². The Morgan fingerprint density at radius 2 is 1.53 bits per heavy atom. The van der Waals surface area contributed by atoms with Crippen LogP contribution in [0.25, 0.3) is 0 Å². The van der Waals surface area contributed by atoms with Crippen molar-refractivity contribution in [3.8, 4) is 23.0 Å². The van der Waals surface area contributed by atoms with Crippen molar-refractivity contribution in [2.75, 3.05) is 34.4 Å². The molecule has 224 valence electrons. The molecule has 0 saturated carbocycles. The van der Waals surface area contributed by atoms with Crippen LogP contribution in [0.15, 0.2) is 71.3 Å². The van der Waals surface area contributed by atoms with E-state index in [4.69, 9.17) is 23.5 Å². The lowest BCUT2D eigenvalue weighted by Crippen LogP contribution is -2.29. The summed E-state index contributed by atoms with van der Waals surface area (Å²) in [5.74, 6) is -0.746. The molecule has 5 rings (SSSR count). The number of hydrogen-bond acceptors (Lipinski definition) is 9. The first-order valence-electron chi connectivity index (χ1n) is 13.6. The summed E-state index contributed by atoms with van der Waals surface area (Å²) in [5, 5.41) is 3.96. The Hall–Kier alpha value is -5.06. The summed E-state index contributed by atoms with van der Waals surface area (Å²) in [6, 6.07) is 18.9. The summed E-state index contributed by atoms with van der Waals surface area (Å²) >= 11 is 0. The molecule has 1 aromatic heterocycles. The van der Waals surface area contributed by atoms with Crippen molar-refractivity contribution in [2.24, 2.45) is 0 Å². The number of ether oxygens (including phenoxy) is 5. The van der Waals surface area contributed by atoms with Crippen LogP contribution in [0.1, 0.15) is 50.1 Å². The summed E-state index contributed by atoms with van der Waals surface area (Å²) in [6.45, 7) is 0.844. The Labute approximate surface area is 247 Å². The van der Waals surface area contributed by atoms with E-state index in [0.717, 1.165) is 11.1 Å². The molecule has 1 atom stereocenters. The number of aromatic nitrogens is 1. The largest absolute Gasteiger partial charge is 0.497 e. The van der Waals surface area contributed by atoms with E-state index in [9.17, 15) is 9.59 Å². The van der Waals surface area contributed by atoms with Gasteiger partial charge >= 0.3 is 5.97 Å². The van der Waals surface area contributed by atoms with Crippen LogP contribution in [-0.4, -0.2) is 56.4 Å². The number of amides is 1. The average molecular weight is 591 g/mol. The molecule has 3 aromatic carbocycles. The maximum atomic E-state index is 16.1. The number of rotatable bonds is 11. The van der Waals surface area contributed by atoms with Gasteiger partial charge in [-0.05, 0) is 53.9 Å². The van der Waals surface area contributed by atoms with Gasteiger partial charge in [-0.1, -0.05) is 29.4 Å². The van der Waals surface area contributed by atoms with Crippen LogP contribution in [0.5, 0.6) is 23.0 Å². The zero-order chi connectivity index (χ0) is 30.3. The molecule has 0 radical (unpaired) electrons. The number of carbonyl (C=O) groups is 2. The molecule has 11 heteroatoms. The summed E-state index contributed by atoms with van der Waals surface area (Å²) in [5.41, 5.74) is 2.01. The van der Waals surface area contributed by atoms with Crippen LogP contribution < -0.4 is 18.9 Å². The molecule has 43 heavy (non-hydrogen) atoms. The molecule has 1 fully saturated rings. The third-order valence-electron chi connectivity index (χ3n) is 7.20. The highest BCUT2D eigenvalue weighted by Gasteiger charge is 2.33. The molecule has 2 heterocycles. The predicted molar refractivity (Wildman–Crippen MR) is 152 cm³/mol. The van der Waals surface area contributed by atoms with Gasteiger partial charge in [0.2, 0.25) is 5.76 Å². The van der Waals surface area contributed by atoms with Gasteiger partial charge in [-0.15, -0.1) is 0 Å². The lowest BCUT2D eigenvalue weighted by atomic mass is 10.1. The van der Waals surface area contributed by atoms with Crippen molar-refractivity contribution in [3.63, 3.8) is 0 Å². The van der Waals surface area contributed by atoms with Crippen LogP contribution in [0, 0.1) is 5.82 Å². The van der Waals surface area contributed by atoms with Crippen molar-refractivity contribution >= 4 is 11.9 Å². The van der Waals surface area contributed by atoms with E-state index in [-0.39, 0.29) is 48.5 Å². The van der Waals surface area contributed by atoms with Crippen molar-refractivity contribution in [1.82, 2.24) is 10.1 Å². The van der Waals surface area contributed by atoms with Gasteiger partial charge in [0.15, 0.2) is 17.3 Å². The van der Waals surface area contributed by atoms with E-state index in [1.54, 1.807) is 43.4 Å². The summed E-state index contributed by atoms with van der Waals surface area (Å²) in [7, 11) is 4.41. The number of halogens is 1. The zero-order valence-corrected chi connectivity index (χ0v) is 24.0. The van der Waals surface area contributed by atoms with E-state index in [0.29, 0.717) is 30.2 Å². The molecule has 0 bridgehead atoms. The van der Waals surface area contributed by atoms with Gasteiger partial charge in [-0.25, -0.2) is 9.18 Å². The number of benzene rings is 3. The molecule has 0 N–H and O–H groups in total. The standard InChI is InChI=1S/C32H31FN2O8/c1-38-23-8-4-20(5-9-23)18-41-27-13-12-25(29(33)30(27)42-19-21-6-10-24(39-2)11-7-21)31(36)35-15-14-22(17-35)26-16-28(43-34-26)32(37)40-3/h4-13,16,22H,14-15,17-19H2,1-3H3/t22-/m1/s1. The smallest absolute Gasteiger partial charge is 0.376 e. The topological polar surface area (TPSA) is 110 Å². The molecule has 1 aliphatic rings. The van der Waals surface area contributed by atoms with E-state index >= 15 is 4.39 Å². The first-order valence-corrected chi connectivity index (χ1v) is 13.6. The number of likely N-dealkylation sites (tertiary alicyclic amines) is 1. The Bertz CT molecular complexity index is 1570. The summed E-state index contributed by atoms with van der Waals surface area (Å²) < 4.78 is 48.1. The first kappa shape index (κ1) is 29.4. The maximum absolute atomic E-state index is 16.1. The van der Waals surface area contributed by atoms with Gasteiger partial charge in [0.05, 0.1) is 32.6 Å². The van der Waals surface area contributed by atoms with Crippen molar-refractivity contribution in [2.45, 2.75) is 25.6 Å². The van der Waals surface area contributed by atoms with Crippen molar-refractivity contribution < 1.29 is 42.2 Å². The van der Waals surface area contributed by atoms with Crippen LogP contribution >= 0.6 is 0 Å². The van der Waals surface area contributed by atoms with Gasteiger partial charge in [0, 0.05) is 25.1 Å². The molecule has 4 aromatic rings. The fourth-order valence-electron chi connectivity index (χ4n) is 4.75. The predicted octanol–water partition coefficient (Wildman–Crippen LogP) is 5.41. The molecule has 1 amide bonds. The van der Waals surface area contributed by atoms with Crippen LogP contribution in [0.2, 0.25) is 0 Å². The quantitative estimate of drug-likeness (QED) is 0.212. The fourth-order valence-corrected chi connectivity index (χ4v) is 4.75. The second-order valence-corrected chi connectivity index (χ2v) is 9.87. The lowest BCUT2D eigenvalue weighted by Gasteiger charge is -2.19. The number of methoxy groups -OCH3 is 3. The molecular formula is C32H31FN2O8. The fraction of sp³-hybridized carbons (Fsp3) is 0.281. The molecule has 1 saturated heterocycles. The molecule has 0 unspecified atom stereocenters. The van der Waals surface area contributed by atoms with Crippen LogP contribution in [-0.2, 0) is 18.0 Å². The second kappa shape index (κ2) is 13.3. The maximum Gasteiger partial charge on any atom is 0.376 e. The molecule has 0 spiro atoms. The summed E-state index contributed by atoms with van der Waals surface area (Å²) in [4.78, 5) is 26.8. The summed E-state index contributed by atoms with van der Waals surface area (Å²) in [6.07, 6.45) is 0.574. The van der Waals surface area contributed by atoms with Gasteiger partial charge in [0.1, 0.15) is 24.7 Å². The van der Waals surface area contributed by atoms with E-state index in [2.05, 4.69) is 9.89 Å². The zero-order valence-electron chi connectivity index (χ0n) is 24.0. The van der Waals surface area contributed by atoms with Gasteiger partial charge in [-0.2, -0.15) is 0 Å². The van der Waals surface area contributed by atoms with Crippen LogP contribution in [0.3, 0.4) is 0 Å². The molecule has 0 aliphatic carbocycles. The third kappa shape index (κ3) is 6.72. The minimum atomic E-state index is -0.816. The van der Waals surface area contributed by atoms with Crippen molar-refractivity contribution in [1.29, 1.82) is 0 Å². The first-order chi connectivity index (χ1) is 20.9. The minimum Gasteiger partial charge on any atom is -0.497 e. The van der Waals surface area contributed by atoms with E-state index in [1.165, 1.54) is 25.3 Å². The lowest BCUT2D eigenvalue weighted by molar-refractivity contribution is 0.0554. The Balaban J connectivity index is 1.35. The van der Waals surface area contributed by atoms with E-state index in [1.807, 2.05) is 24.3 Å². The Morgan fingerprint density at radius 1 is 0.907 bits per heavy atom. The Kier molecular flexibility index (Phi) is 9.09. The highest BCUT2D eigenvalue weighted by atomic mass is 19.1. The monoisotopic (exact) mass is 590 g/mol. The SMILES string of the molecule is COC(=O)c1cc([C@@H]2CCN(C(=O)c3ccc(OCc4ccc(OC)cc4)c(OCc4ccc(OC)cc4)c3F)C2)no1. The van der Waals surface area contributed by atoms with Crippen LogP contribution in [0.4, 0.5) is 4.39 Å². The normalized spacial score (nSPS) is 14.3.